The molecule has 1 fully saturated rings. The first-order chi connectivity index (χ1) is 12.7. The van der Waals surface area contributed by atoms with Gasteiger partial charge < -0.3 is 10.0 Å². The van der Waals surface area contributed by atoms with E-state index in [9.17, 15) is 5.11 Å². The van der Waals surface area contributed by atoms with Crippen LogP contribution in [0.25, 0.3) is 11.0 Å². The number of rotatable bonds is 6. The highest BCUT2D eigenvalue weighted by molar-refractivity contribution is 5.72. The Balaban J connectivity index is 1.51. The molecule has 0 atom stereocenters. The lowest BCUT2D eigenvalue weighted by molar-refractivity contribution is 0.217. The van der Waals surface area contributed by atoms with Gasteiger partial charge >= 0.3 is 0 Å². The van der Waals surface area contributed by atoms with Gasteiger partial charge in [0.15, 0.2) is 11.6 Å². The topological polar surface area (TPSA) is 84.9 Å². The summed E-state index contributed by atoms with van der Waals surface area (Å²) < 4.78 is 1.79. The standard InChI is InChI=1S/C18H25N7O/c1-23-8-6-14(7-9-23)12-17-19-18(24(22-17)10-11-26)13-25-20-15-4-2-3-5-16(15)21-25/h2-5,14,26H,6-13H2,1H3. The highest BCUT2D eigenvalue weighted by Crippen LogP contribution is 2.20. The van der Waals surface area contributed by atoms with E-state index >= 15 is 0 Å². The lowest BCUT2D eigenvalue weighted by Gasteiger charge is -2.28. The second-order valence-corrected chi connectivity index (χ2v) is 7.06. The van der Waals surface area contributed by atoms with Crippen LogP contribution in [0.2, 0.25) is 0 Å². The second-order valence-electron chi connectivity index (χ2n) is 7.06. The van der Waals surface area contributed by atoms with Gasteiger partial charge in [0.05, 0.1) is 13.2 Å². The number of benzene rings is 1. The van der Waals surface area contributed by atoms with Crippen LogP contribution in [0.5, 0.6) is 0 Å². The molecule has 138 valence electrons. The number of nitrogens with zero attached hydrogens (tertiary/aromatic N) is 7. The summed E-state index contributed by atoms with van der Waals surface area (Å²) in [5.41, 5.74) is 1.74. The van der Waals surface area contributed by atoms with Crippen LogP contribution < -0.4 is 0 Å². The van der Waals surface area contributed by atoms with Gasteiger partial charge in [-0.2, -0.15) is 20.1 Å². The molecule has 0 aliphatic carbocycles. The molecule has 0 amide bonds. The third-order valence-electron chi connectivity index (χ3n) is 5.02. The van der Waals surface area contributed by atoms with Crippen LogP contribution in [0.15, 0.2) is 24.3 Å². The van der Waals surface area contributed by atoms with Crippen molar-refractivity contribution in [2.45, 2.75) is 32.4 Å². The fourth-order valence-corrected chi connectivity index (χ4v) is 3.53. The van der Waals surface area contributed by atoms with Crippen molar-refractivity contribution in [2.24, 2.45) is 5.92 Å². The number of fused-ring (bicyclic) bond motifs is 1. The number of likely N-dealkylation sites (tertiary alicyclic amines) is 1. The first-order valence-corrected chi connectivity index (χ1v) is 9.23. The third-order valence-corrected chi connectivity index (χ3v) is 5.02. The Kier molecular flexibility index (Phi) is 4.94. The van der Waals surface area contributed by atoms with Crippen LogP contribution in [0, 0.1) is 5.92 Å². The van der Waals surface area contributed by atoms with Gasteiger partial charge in [0.1, 0.15) is 17.6 Å². The molecule has 3 heterocycles. The predicted molar refractivity (Wildman–Crippen MR) is 97.7 cm³/mol. The zero-order chi connectivity index (χ0) is 17.9. The Labute approximate surface area is 152 Å². The van der Waals surface area contributed by atoms with E-state index < -0.39 is 0 Å². The largest absolute Gasteiger partial charge is 0.394 e. The SMILES string of the molecule is CN1CCC(Cc2nc(Cn3nc4ccccc4n3)n(CCO)n2)CC1. The van der Waals surface area contributed by atoms with E-state index in [1.165, 1.54) is 12.8 Å². The van der Waals surface area contributed by atoms with Gasteiger partial charge in [-0.3, -0.25) is 0 Å². The van der Waals surface area contributed by atoms with Crippen LogP contribution in [-0.2, 0) is 19.5 Å². The average molecular weight is 355 g/mol. The summed E-state index contributed by atoms with van der Waals surface area (Å²) in [5.74, 6) is 2.29. The Morgan fingerprint density at radius 2 is 1.77 bits per heavy atom. The van der Waals surface area contributed by atoms with Gasteiger partial charge in [0.25, 0.3) is 0 Å². The molecular weight excluding hydrogens is 330 g/mol. The first kappa shape index (κ1) is 17.1. The van der Waals surface area contributed by atoms with Gasteiger partial charge in [0, 0.05) is 6.42 Å². The molecule has 2 aromatic heterocycles. The Morgan fingerprint density at radius 3 is 2.42 bits per heavy atom. The number of hydrogen-bond donors (Lipinski definition) is 1. The summed E-state index contributed by atoms with van der Waals surface area (Å²) >= 11 is 0. The average Bonchev–Trinajstić information content (AvgIpc) is 3.21. The normalized spacial score (nSPS) is 16.5. The van der Waals surface area contributed by atoms with Crippen LogP contribution >= 0.6 is 0 Å². The predicted octanol–water partition coefficient (Wildman–Crippen LogP) is 0.948. The van der Waals surface area contributed by atoms with E-state index in [0.29, 0.717) is 19.0 Å². The van der Waals surface area contributed by atoms with Gasteiger partial charge in [-0.15, -0.1) is 0 Å². The van der Waals surface area contributed by atoms with Crippen molar-refractivity contribution in [3.05, 3.63) is 35.9 Å². The molecule has 1 aromatic carbocycles. The quantitative estimate of drug-likeness (QED) is 0.709. The molecule has 0 saturated carbocycles. The van der Waals surface area contributed by atoms with Crippen molar-refractivity contribution in [1.29, 1.82) is 0 Å². The zero-order valence-corrected chi connectivity index (χ0v) is 15.1. The van der Waals surface area contributed by atoms with Crippen molar-refractivity contribution >= 4 is 11.0 Å². The fraction of sp³-hybridized carbons (Fsp3) is 0.556. The molecule has 1 aliphatic heterocycles. The molecule has 8 heteroatoms. The highest BCUT2D eigenvalue weighted by Gasteiger charge is 2.20. The summed E-state index contributed by atoms with van der Waals surface area (Å²) in [6.07, 6.45) is 3.27. The van der Waals surface area contributed by atoms with E-state index in [-0.39, 0.29) is 6.61 Å². The molecule has 26 heavy (non-hydrogen) atoms. The monoisotopic (exact) mass is 355 g/mol. The minimum Gasteiger partial charge on any atom is -0.394 e. The molecule has 0 spiro atoms. The third kappa shape index (κ3) is 3.76. The van der Waals surface area contributed by atoms with Crippen LogP contribution in [0.3, 0.4) is 0 Å². The molecule has 0 radical (unpaired) electrons. The molecule has 8 nitrogen and oxygen atoms in total. The second kappa shape index (κ2) is 7.51. The van der Waals surface area contributed by atoms with Crippen molar-refractivity contribution in [3.8, 4) is 0 Å². The van der Waals surface area contributed by atoms with Gasteiger partial charge in [0.2, 0.25) is 0 Å². The molecular formula is C18H25N7O. The van der Waals surface area contributed by atoms with Crippen molar-refractivity contribution in [2.75, 3.05) is 26.7 Å². The number of aromatic nitrogens is 6. The molecule has 0 unspecified atom stereocenters. The first-order valence-electron chi connectivity index (χ1n) is 9.23. The Hall–Kier alpha value is -2.32. The maximum Gasteiger partial charge on any atom is 0.151 e. The summed E-state index contributed by atoms with van der Waals surface area (Å²) in [5, 5.41) is 23.0. The smallest absolute Gasteiger partial charge is 0.151 e. The van der Waals surface area contributed by atoms with Gasteiger partial charge in [-0.25, -0.2) is 9.67 Å². The highest BCUT2D eigenvalue weighted by atomic mass is 16.3. The Morgan fingerprint density at radius 1 is 1.08 bits per heavy atom. The van der Waals surface area contributed by atoms with Crippen LogP contribution in [0.1, 0.15) is 24.5 Å². The number of aliphatic hydroxyl groups excluding tert-OH is 1. The maximum absolute atomic E-state index is 9.35. The van der Waals surface area contributed by atoms with Gasteiger partial charge in [-0.05, 0) is 51.0 Å². The molecule has 1 aliphatic rings. The van der Waals surface area contributed by atoms with E-state index in [1.54, 1.807) is 9.48 Å². The van der Waals surface area contributed by atoms with Crippen molar-refractivity contribution in [3.63, 3.8) is 0 Å². The van der Waals surface area contributed by atoms with Crippen LogP contribution in [-0.4, -0.2) is 66.5 Å². The summed E-state index contributed by atoms with van der Waals surface area (Å²) in [6, 6.07) is 7.80. The van der Waals surface area contributed by atoms with Crippen molar-refractivity contribution < 1.29 is 5.11 Å². The van der Waals surface area contributed by atoms with E-state index in [4.69, 9.17) is 4.98 Å². The number of hydrogen-bond acceptors (Lipinski definition) is 6. The minimum absolute atomic E-state index is 0.0402. The number of piperidine rings is 1. The lowest BCUT2D eigenvalue weighted by atomic mass is 9.94. The number of aliphatic hydroxyl groups is 1. The Bertz CT molecular complexity index is 830. The minimum atomic E-state index is 0.0402. The molecule has 1 N–H and O–H groups in total. The van der Waals surface area contributed by atoms with Crippen LogP contribution in [0.4, 0.5) is 0 Å². The van der Waals surface area contributed by atoms with Crippen molar-refractivity contribution in [1.82, 2.24) is 34.7 Å². The van der Waals surface area contributed by atoms with Gasteiger partial charge in [-0.1, -0.05) is 12.1 Å². The maximum atomic E-state index is 9.35. The van der Waals surface area contributed by atoms with E-state index in [1.807, 2.05) is 24.3 Å². The lowest BCUT2D eigenvalue weighted by Crippen LogP contribution is -2.31. The van der Waals surface area contributed by atoms with E-state index in [0.717, 1.165) is 42.2 Å². The fourth-order valence-electron chi connectivity index (χ4n) is 3.53. The van der Waals surface area contributed by atoms with E-state index in [2.05, 4.69) is 27.2 Å². The summed E-state index contributed by atoms with van der Waals surface area (Å²) in [7, 11) is 2.17. The molecule has 0 bridgehead atoms. The summed E-state index contributed by atoms with van der Waals surface area (Å²) in [4.78, 5) is 8.76. The molecule has 3 aromatic rings. The summed E-state index contributed by atoms with van der Waals surface area (Å²) in [6.45, 7) is 3.21. The molecule has 4 rings (SSSR count). The molecule has 1 saturated heterocycles. The zero-order valence-electron chi connectivity index (χ0n) is 15.1.